The Morgan fingerprint density at radius 2 is 0.971 bits per heavy atom. The summed E-state index contributed by atoms with van der Waals surface area (Å²) in [5, 5.41) is 42.6. The van der Waals surface area contributed by atoms with E-state index in [1.54, 1.807) is 0 Å². The van der Waals surface area contributed by atoms with E-state index in [-0.39, 0.29) is 33.7 Å². The van der Waals surface area contributed by atoms with Crippen LogP contribution in [0.2, 0.25) is 0 Å². The van der Waals surface area contributed by atoms with Gasteiger partial charge in [-0.3, -0.25) is 33.0 Å². The maximum atomic E-state index is 12.7. The van der Waals surface area contributed by atoms with E-state index >= 15 is 0 Å². The van der Waals surface area contributed by atoms with Crippen LogP contribution in [0.4, 0.5) is 0 Å². The van der Waals surface area contributed by atoms with Crippen molar-refractivity contribution in [1.29, 1.82) is 0 Å². The fourth-order valence-corrected chi connectivity index (χ4v) is 7.96. The molecule has 0 aromatic heterocycles. The van der Waals surface area contributed by atoms with Crippen molar-refractivity contribution >= 4 is 35.3 Å². The van der Waals surface area contributed by atoms with Gasteiger partial charge in [0.15, 0.2) is 0 Å². The number of esters is 1. The largest absolute Gasteiger partial charge is 0.472 e. The van der Waals surface area contributed by atoms with Crippen molar-refractivity contribution in [3.8, 4) is 95.4 Å². The number of rotatable bonds is 29. The number of hydrogen-bond acceptors (Lipinski definition) is 15. The van der Waals surface area contributed by atoms with Gasteiger partial charge in [0.2, 0.25) is 5.91 Å². The highest BCUT2D eigenvalue weighted by Gasteiger charge is 2.56. The molecule has 5 unspecified atom stereocenters. The van der Waals surface area contributed by atoms with Crippen LogP contribution in [0.1, 0.15) is 138 Å². The van der Waals surface area contributed by atoms with E-state index in [1.165, 1.54) is 51.4 Å². The molecule has 0 saturated heterocycles. The maximum Gasteiger partial charge on any atom is 0.472 e. The van der Waals surface area contributed by atoms with Crippen LogP contribution in [-0.4, -0.2) is 120 Å². The standard InChI is InChI=1S/C26H53O19P3.C20H9NO.15H2/c1-2-3-4-5-6-7-8-9-10-11-12-13-14-15-20(28)42-19(16-40-18-27)17-41-48(38,39)45-26-22(30)24(43-46(32,33)34)21(29)25(23(26)31)44-47(35,36)37;1-3-5-6-7-8-9-10-11-12-13-14-15-16-17-19-21-20(22)18-4-2;;;;;;;;;;;;;;;/h19,21-27,29-31H,2-18H2,1H3,(H,38,39)(H2,32,33,34)(H2,35,36,37);1H,4,18H2,2H3,(H,21,22);15*1H/t19-,21?,22+,23?,24?,25-,26?;;;;;;;;;;;;;;;;/m1................/s1. The minimum absolute atomic E-state index is 0. The fraction of sp³-hybridized carbons (Fsp3) is 0.609. The second kappa shape index (κ2) is 39.2. The molecule has 1 saturated carbocycles. The second-order valence-electron chi connectivity index (χ2n) is 14.7. The van der Waals surface area contributed by atoms with Crippen LogP contribution in [0.5, 0.6) is 0 Å². The molecule has 1 rings (SSSR count). The highest BCUT2D eigenvalue weighted by atomic mass is 31.2. The number of aliphatic hydroxyl groups is 4. The number of ether oxygens (including phenoxy) is 2. The number of nitrogens with one attached hydrogen (secondary N) is 1. The van der Waals surface area contributed by atoms with Crippen LogP contribution in [0, 0.1) is 95.4 Å². The summed E-state index contributed by atoms with van der Waals surface area (Å²) in [6.07, 6.45) is 4.38. The number of aliphatic hydroxyl groups excluding tert-OH is 4. The molecule has 1 fully saturated rings. The van der Waals surface area contributed by atoms with Crippen LogP contribution in [0.3, 0.4) is 0 Å². The van der Waals surface area contributed by atoms with E-state index < -0.39 is 92.2 Å². The SMILES string of the molecule is C#CC#CC#CC#CC#CC#CC#CC#CNC(=O)CCC.CCCCCCCCCCCCCCCC(=O)O[C@H](COCO)COP(=O)(O)OC1C(O)[C@H](OP(=O)(O)O)C(O)C(OP(=O)(O)O)[C@@H]1O.[HH].[HH].[HH].[HH].[HH].[HH].[HH].[HH].[HH].[HH].[HH].[HH].[HH].[HH].[HH]. The average Bonchev–Trinajstić information content (AvgIpc) is 3.29. The third kappa shape index (κ3) is 35.6. The Balaban J connectivity index is -0.0000000804. The Morgan fingerprint density at radius 3 is 1.37 bits per heavy atom. The molecular weight excluding hydrogens is 979 g/mol. The minimum Gasteiger partial charge on any atom is -0.457 e. The quantitative estimate of drug-likeness (QED) is 0.0101. The minimum atomic E-state index is -5.51. The summed E-state index contributed by atoms with van der Waals surface area (Å²) < 4.78 is 63.4. The van der Waals surface area contributed by atoms with Gasteiger partial charge in [0.25, 0.3) is 0 Å². The molecule has 10 N–H and O–H groups in total. The van der Waals surface area contributed by atoms with Gasteiger partial charge in [-0.15, -0.1) is 6.42 Å². The van der Waals surface area contributed by atoms with Gasteiger partial charge in [0, 0.05) is 81.7 Å². The van der Waals surface area contributed by atoms with Gasteiger partial charge in [-0.1, -0.05) is 90.9 Å². The smallest absolute Gasteiger partial charge is 0.457 e. The monoisotopic (exact) mass is 1070 g/mol. The molecule has 0 aromatic rings. The fourth-order valence-electron chi connectivity index (χ4n) is 5.85. The molecule has 0 bridgehead atoms. The van der Waals surface area contributed by atoms with Gasteiger partial charge >= 0.3 is 29.4 Å². The van der Waals surface area contributed by atoms with Crippen LogP contribution in [-0.2, 0) is 50.9 Å². The molecule has 0 aromatic carbocycles. The first-order chi connectivity index (χ1) is 33.2. The van der Waals surface area contributed by atoms with Crippen LogP contribution in [0.15, 0.2) is 0 Å². The van der Waals surface area contributed by atoms with Crippen LogP contribution >= 0.6 is 23.5 Å². The number of phosphoric acid groups is 3. The first-order valence-electron chi connectivity index (χ1n) is 22.0. The Hall–Kier alpha value is -4.45. The van der Waals surface area contributed by atoms with Gasteiger partial charge < -0.3 is 54.4 Å². The molecule has 1 aliphatic carbocycles. The lowest BCUT2D eigenvalue weighted by Gasteiger charge is -2.44. The molecule has 70 heavy (non-hydrogen) atoms. The average molecular weight is 1070 g/mol. The first kappa shape index (κ1) is 65.5. The van der Waals surface area contributed by atoms with Gasteiger partial charge in [0.1, 0.15) is 49.5 Å². The summed E-state index contributed by atoms with van der Waals surface area (Å²) in [6, 6.07) is 2.42. The third-order valence-corrected chi connectivity index (χ3v) is 11.0. The number of phosphoric ester groups is 3. The first-order valence-corrected chi connectivity index (χ1v) is 26.6. The predicted octanol–water partition coefficient (Wildman–Crippen LogP) is 6.11. The number of hydrogen-bond donors (Lipinski definition) is 10. The molecule has 0 heterocycles. The molecule has 21 nitrogen and oxygen atoms in total. The molecule has 1 aliphatic rings. The van der Waals surface area contributed by atoms with E-state index in [0.717, 1.165) is 32.1 Å². The lowest BCUT2D eigenvalue weighted by molar-refractivity contribution is -0.213. The molecule has 0 radical (unpaired) electrons. The molecule has 1 amide bonds. The second-order valence-corrected chi connectivity index (χ2v) is 18.5. The maximum absolute atomic E-state index is 12.7. The van der Waals surface area contributed by atoms with Crippen LogP contribution in [0.25, 0.3) is 0 Å². The van der Waals surface area contributed by atoms with E-state index in [1.807, 2.05) is 6.92 Å². The molecule has 8 atom stereocenters. The van der Waals surface area contributed by atoms with Crippen molar-refractivity contribution in [2.45, 2.75) is 159 Å². The number of unbranched alkanes of at least 4 members (excludes halogenated alkanes) is 12. The topological polar surface area (TPSA) is 335 Å². The molecular formula is C46H92NO20P3. The van der Waals surface area contributed by atoms with Gasteiger partial charge in [-0.25, -0.2) is 13.7 Å². The van der Waals surface area contributed by atoms with E-state index in [2.05, 4.69) is 110 Å². The highest BCUT2D eigenvalue weighted by molar-refractivity contribution is 7.47. The van der Waals surface area contributed by atoms with E-state index in [0.29, 0.717) is 12.8 Å². The zero-order valence-corrected chi connectivity index (χ0v) is 41.6. The summed E-state index contributed by atoms with van der Waals surface area (Å²) in [5.74, 6) is 33.1. The van der Waals surface area contributed by atoms with Gasteiger partial charge in [-0.05, 0) is 54.3 Å². The van der Waals surface area contributed by atoms with E-state index in [4.69, 9.17) is 49.6 Å². The van der Waals surface area contributed by atoms with Crippen molar-refractivity contribution in [3.05, 3.63) is 0 Å². The van der Waals surface area contributed by atoms with Crippen molar-refractivity contribution < 1.29 is 117 Å². The highest BCUT2D eigenvalue weighted by Crippen LogP contribution is 2.51. The number of amides is 1. The van der Waals surface area contributed by atoms with Gasteiger partial charge in [-0.2, -0.15) is 0 Å². The van der Waals surface area contributed by atoms with Gasteiger partial charge in [0.05, 0.1) is 13.2 Å². The van der Waals surface area contributed by atoms with E-state index in [9.17, 15) is 43.5 Å². The van der Waals surface area contributed by atoms with Crippen molar-refractivity contribution in [2.75, 3.05) is 20.0 Å². The molecule has 0 spiro atoms. The third-order valence-electron chi connectivity index (χ3n) is 8.96. The summed E-state index contributed by atoms with van der Waals surface area (Å²) in [7, 11) is -16.4. The number of carbonyl (C=O) groups is 2. The predicted molar refractivity (Wildman–Crippen MR) is 284 cm³/mol. The van der Waals surface area contributed by atoms with Crippen LogP contribution < -0.4 is 5.32 Å². The lowest BCUT2D eigenvalue weighted by Crippen LogP contribution is -2.65. The lowest BCUT2D eigenvalue weighted by atomic mass is 9.85. The molecule has 24 heteroatoms. The molecule has 416 valence electrons. The Kier molecular flexibility index (Phi) is 36.7. The van der Waals surface area contributed by atoms with Crippen molar-refractivity contribution in [1.82, 2.24) is 5.32 Å². The summed E-state index contributed by atoms with van der Waals surface area (Å²) >= 11 is 0. The van der Waals surface area contributed by atoms with Crippen molar-refractivity contribution in [2.24, 2.45) is 0 Å². The number of terminal acetylenes is 1. The normalized spacial score (nSPS) is 19.1. The van der Waals surface area contributed by atoms with Crippen molar-refractivity contribution in [3.63, 3.8) is 0 Å². The summed E-state index contributed by atoms with van der Waals surface area (Å²) in [5.41, 5.74) is 0. The Morgan fingerprint density at radius 1 is 0.571 bits per heavy atom. The summed E-state index contributed by atoms with van der Waals surface area (Å²) in [4.78, 5) is 70.1. The summed E-state index contributed by atoms with van der Waals surface area (Å²) in [6.45, 7) is 1.93. The Labute approximate surface area is 432 Å². The zero-order chi connectivity index (χ0) is 52.7. The Bertz CT molecular complexity index is 2260. The zero-order valence-electron chi connectivity index (χ0n) is 38.9. The molecule has 0 aliphatic heterocycles. The number of carbonyl (C=O) groups excluding carboxylic acids is 2.